The van der Waals surface area contributed by atoms with Crippen molar-refractivity contribution in [3.05, 3.63) is 29.3 Å². The molecule has 1 atom stereocenters. The zero-order valence-corrected chi connectivity index (χ0v) is 11.6. The van der Waals surface area contributed by atoms with E-state index < -0.39 is 0 Å². The van der Waals surface area contributed by atoms with Crippen molar-refractivity contribution in [2.75, 3.05) is 31.6 Å². The van der Waals surface area contributed by atoms with Crippen molar-refractivity contribution in [1.82, 2.24) is 4.90 Å². The number of fused-ring (bicyclic) bond motifs is 1. The summed E-state index contributed by atoms with van der Waals surface area (Å²) in [4.78, 5) is 2.55. The number of hydrogen-bond donors (Lipinski definition) is 2. The van der Waals surface area contributed by atoms with E-state index in [1.165, 1.54) is 36.2 Å². The van der Waals surface area contributed by atoms with E-state index in [1.54, 1.807) is 0 Å². The van der Waals surface area contributed by atoms with E-state index in [0.717, 1.165) is 32.5 Å². The number of hydrogen-bond acceptors (Lipinski definition) is 3. The smallest absolute Gasteiger partial charge is 0.0434 e. The number of aliphatic hydroxyl groups excluding tert-OH is 1. The van der Waals surface area contributed by atoms with Crippen molar-refractivity contribution in [3.63, 3.8) is 0 Å². The van der Waals surface area contributed by atoms with E-state index in [1.807, 2.05) is 0 Å². The highest BCUT2D eigenvalue weighted by atomic mass is 16.3. The van der Waals surface area contributed by atoms with Crippen LogP contribution in [0.25, 0.3) is 0 Å². The molecule has 104 valence electrons. The van der Waals surface area contributed by atoms with E-state index in [9.17, 15) is 0 Å². The van der Waals surface area contributed by atoms with Crippen LogP contribution in [0.5, 0.6) is 0 Å². The molecule has 0 amide bonds. The molecule has 19 heavy (non-hydrogen) atoms. The van der Waals surface area contributed by atoms with Crippen molar-refractivity contribution in [1.29, 1.82) is 0 Å². The molecule has 0 saturated carbocycles. The van der Waals surface area contributed by atoms with Gasteiger partial charge in [-0.05, 0) is 49.3 Å². The molecule has 1 fully saturated rings. The maximum atomic E-state index is 9.09. The number of likely N-dealkylation sites (tertiary alicyclic amines) is 1. The third kappa shape index (κ3) is 2.93. The van der Waals surface area contributed by atoms with Gasteiger partial charge in [-0.2, -0.15) is 0 Å². The van der Waals surface area contributed by atoms with Gasteiger partial charge in [0.05, 0.1) is 0 Å². The van der Waals surface area contributed by atoms with Crippen molar-refractivity contribution in [3.8, 4) is 0 Å². The highest BCUT2D eigenvalue weighted by molar-refractivity contribution is 5.61. The summed E-state index contributed by atoms with van der Waals surface area (Å²) in [5.41, 5.74) is 4.30. The second-order valence-electron chi connectivity index (χ2n) is 5.88. The van der Waals surface area contributed by atoms with Crippen LogP contribution in [0.1, 0.15) is 30.4 Å². The first-order valence-electron chi connectivity index (χ1n) is 7.54. The number of piperidine rings is 1. The van der Waals surface area contributed by atoms with Gasteiger partial charge in [-0.25, -0.2) is 0 Å². The molecule has 2 heterocycles. The van der Waals surface area contributed by atoms with Crippen molar-refractivity contribution in [2.45, 2.75) is 32.2 Å². The molecular weight excluding hydrogens is 236 g/mol. The lowest BCUT2D eigenvalue weighted by molar-refractivity contribution is 0.142. The van der Waals surface area contributed by atoms with Crippen molar-refractivity contribution in [2.24, 2.45) is 5.92 Å². The maximum Gasteiger partial charge on any atom is 0.0434 e. The van der Waals surface area contributed by atoms with Crippen molar-refractivity contribution < 1.29 is 5.11 Å². The molecule has 1 saturated heterocycles. The average Bonchev–Trinajstić information content (AvgIpc) is 2.89. The molecule has 0 aliphatic carbocycles. The Morgan fingerprint density at radius 3 is 3.21 bits per heavy atom. The standard InChI is InChI=1S/C16H24N2O/c19-10-7-13-3-2-9-18(11-13)12-15-5-1-4-14-6-8-17-16(14)15/h1,4-5,13,17,19H,2-3,6-12H2. The monoisotopic (exact) mass is 260 g/mol. The Labute approximate surface area is 115 Å². The second kappa shape index (κ2) is 5.93. The van der Waals surface area contributed by atoms with E-state index in [-0.39, 0.29) is 0 Å². The summed E-state index contributed by atoms with van der Waals surface area (Å²) in [6, 6.07) is 6.69. The molecular formula is C16H24N2O. The van der Waals surface area contributed by atoms with Crippen LogP contribution >= 0.6 is 0 Å². The van der Waals surface area contributed by atoms with Gasteiger partial charge in [0.15, 0.2) is 0 Å². The van der Waals surface area contributed by atoms with Gasteiger partial charge in [-0.1, -0.05) is 18.2 Å². The fourth-order valence-corrected chi connectivity index (χ4v) is 3.50. The lowest BCUT2D eigenvalue weighted by atomic mass is 9.94. The minimum absolute atomic E-state index is 0.334. The number of rotatable bonds is 4. The molecule has 0 spiro atoms. The molecule has 0 aromatic heterocycles. The average molecular weight is 260 g/mol. The summed E-state index contributed by atoms with van der Waals surface area (Å²) < 4.78 is 0. The molecule has 0 bridgehead atoms. The normalized spacial score (nSPS) is 23.1. The molecule has 1 unspecified atom stereocenters. The lowest BCUT2D eigenvalue weighted by Crippen LogP contribution is -2.35. The SMILES string of the molecule is OCCC1CCCN(Cc2cccc3c2NCC3)C1. The number of para-hydroxylation sites is 1. The van der Waals surface area contributed by atoms with Crippen LogP contribution in [0.2, 0.25) is 0 Å². The summed E-state index contributed by atoms with van der Waals surface area (Å²) in [5.74, 6) is 0.684. The van der Waals surface area contributed by atoms with Gasteiger partial charge >= 0.3 is 0 Å². The molecule has 2 aliphatic rings. The Kier molecular flexibility index (Phi) is 4.04. The largest absolute Gasteiger partial charge is 0.396 e. The van der Waals surface area contributed by atoms with Crippen LogP contribution in [0.4, 0.5) is 5.69 Å². The van der Waals surface area contributed by atoms with E-state index in [2.05, 4.69) is 28.4 Å². The van der Waals surface area contributed by atoms with E-state index in [4.69, 9.17) is 5.11 Å². The van der Waals surface area contributed by atoms with Crippen LogP contribution in [0, 0.1) is 5.92 Å². The quantitative estimate of drug-likeness (QED) is 0.871. The van der Waals surface area contributed by atoms with Crippen molar-refractivity contribution >= 4 is 5.69 Å². The third-order valence-corrected chi connectivity index (χ3v) is 4.47. The van der Waals surface area contributed by atoms with Crippen LogP contribution in [-0.2, 0) is 13.0 Å². The topological polar surface area (TPSA) is 35.5 Å². The van der Waals surface area contributed by atoms with Crippen LogP contribution in [0.3, 0.4) is 0 Å². The first kappa shape index (κ1) is 12.9. The van der Waals surface area contributed by atoms with E-state index in [0.29, 0.717) is 12.5 Å². The lowest BCUT2D eigenvalue weighted by Gasteiger charge is -2.33. The van der Waals surface area contributed by atoms with Crippen LogP contribution in [-0.4, -0.2) is 36.2 Å². The highest BCUT2D eigenvalue weighted by Crippen LogP contribution is 2.29. The summed E-state index contributed by atoms with van der Waals surface area (Å²) in [7, 11) is 0. The summed E-state index contributed by atoms with van der Waals surface area (Å²) in [6.45, 7) is 4.81. The van der Waals surface area contributed by atoms with Gasteiger partial charge in [0.1, 0.15) is 0 Å². The molecule has 2 aliphatic heterocycles. The zero-order valence-electron chi connectivity index (χ0n) is 11.6. The van der Waals surface area contributed by atoms with Gasteiger partial charge in [0, 0.05) is 31.9 Å². The molecule has 1 aromatic rings. The first-order valence-corrected chi connectivity index (χ1v) is 7.54. The third-order valence-electron chi connectivity index (χ3n) is 4.47. The zero-order chi connectivity index (χ0) is 13.1. The van der Waals surface area contributed by atoms with Crippen LogP contribution < -0.4 is 5.32 Å². The fourth-order valence-electron chi connectivity index (χ4n) is 3.50. The summed E-state index contributed by atoms with van der Waals surface area (Å²) >= 11 is 0. The number of anilines is 1. The predicted molar refractivity (Wildman–Crippen MR) is 78.3 cm³/mol. The summed E-state index contributed by atoms with van der Waals surface area (Å²) in [6.07, 6.45) is 4.67. The van der Waals surface area contributed by atoms with Gasteiger partial charge in [0.2, 0.25) is 0 Å². The molecule has 2 N–H and O–H groups in total. The Morgan fingerprint density at radius 2 is 2.32 bits per heavy atom. The highest BCUT2D eigenvalue weighted by Gasteiger charge is 2.21. The summed E-state index contributed by atoms with van der Waals surface area (Å²) in [5, 5.41) is 12.6. The van der Waals surface area contributed by atoms with Gasteiger partial charge in [-0.3, -0.25) is 4.90 Å². The maximum absolute atomic E-state index is 9.09. The molecule has 1 aromatic carbocycles. The molecule has 3 rings (SSSR count). The Bertz CT molecular complexity index is 431. The van der Waals surface area contributed by atoms with E-state index >= 15 is 0 Å². The van der Waals surface area contributed by atoms with Gasteiger partial charge < -0.3 is 10.4 Å². The number of benzene rings is 1. The Balaban J connectivity index is 1.66. The number of nitrogens with zero attached hydrogens (tertiary/aromatic N) is 1. The number of nitrogens with one attached hydrogen (secondary N) is 1. The van der Waals surface area contributed by atoms with Crippen LogP contribution in [0.15, 0.2) is 18.2 Å². The minimum atomic E-state index is 0.334. The Morgan fingerprint density at radius 1 is 1.37 bits per heavy atom. The predicted octanol–water partition coefficient (Wildman–Crippen LogP) is 2.25. The number of aliphatic hydroxyl groups is 1. The Hall–Kier alpha value is -1.06. The molecule has 3 heteroatoms. The minimum Gasteiger partial charge on any atom is -0.396 e. The molecule has 3 nitrogen and oxygen atoms in total. The molecule has 0 radical (unpaired) electrons. The van der Waals surface area contributed by atoms with Gasteiger partial charge in [-0.15, -0.1) is 0 Å². The first-order chi connectivity index (χ1) is 9.36. The van der Waals surface area contributed by atoms with Gasteiger partial charge in [0.25, 0.3) is 0 Å². The fraction of sp³-hybridized carbons (Fsp3) is 0.625. The second-order valence-corrected chi connectivity index (χ2v) is 5.88.